The van der Waals surface area contributed by atoms with Gasteiger partial charge in [0.05, 0.1) is 13.3 Å². The van der Waals surface area contributed by atoms with E-state index >= 15 is 0 Å². The first-order valence-corrected chi connectivity index (χ1v) is 6.22. The Kier molecular flexibility index (Phi) is 3.54. The monoisotopic (exact) mass is 315 g/mol. The molecule has 0 aliphatic rings. The van der Waals surface area contributed by atoms with Gasteiger partial charge in [-0.25, -0.2) is 14.2 Å². The highest BCUT2D eigenvalue weighted by atomic mass is 79.9. The summed E-state index contributed by atoms with van der Waals surface area (Å²) in [5.41, 5.74) is 0.616. The average molecular weight is 316 g/mol. The van der Waals surface area contributed by atoms with E-state index in [9.17, 15) is 9.18 Å². The Labute approximate surface area is 109 Å². The predicted octanol–water partition coefficient (Wildman–Crippen LogP) is 3.50. The summed E-state index contributed by atoms with van der Waals surface area (Å²) in [7, 11) is 1.31. The fourth-order valence-corrected chi connectivity index (χ4v) is 2.69. The Balaban J connectivity index is 2.43. The van der Waals surface area contributed by atoms with Crippen LogP contribution in [0.1, 0.15) is 9.67 Å². The predicted molar refractivity (Wildman–Crippen MR) is 66.5 cm³/mol. The molecule has 1 aromatic carbocycles. The lowest BCUT2D eigenvalue weighted by Gasteiger charge is -1.99. The minimum Gasteiger partial charge on any atom is -0.465 e. The molecule has 0 atom stereocenters. The van der Waals surface area contributed by atoms with Gasteiger partial charge in [-0.05, 0) is 18.2 Å². The third-order valence-electron chi connectivity index (χ3n) is 2.05. The number of aromatic nitrogens is 1. The molecule has 0 aliphatic heterocycles. The number of nitrogens with zero attached hydrogens (tertiary/aromatic N) is 1. The van der Waals surface area contributed by atoms with Gasteiger partial charge in [-0.3, -0.25) is 0 Å². The number of hydrogen-bond donors (Lipinski definition) is 0. The number of thiazole rings is 1. The molecular weight excluding hydrogens is 309 g/mol. The van der Waals surface area contributed by atoms with Crippen LogP contribution in [0.3, 0.4) is 0 Å². The average Bonchev–Trinajstić information content (AvgIpc) is 2.80. The van der Waals surface area contributed by atoms with E-state index in [1.54, 1.807) is 6.07 Å². The van der Waals surface area contributed by atoms with Crippen LogP contribution >= 0.6 is 27.3 Å². The van der Waals surface area contributed by atoms with Gasteiger partial charge in [0.1, 0.15) is 15.7 Å². The number of carbonyl (C=O) groups excluding carboxylic acids is 1. The maximum atomic E-state index is 13.1. The Bertz CT molecular complexity index is 570. The van der Waals surface area contributed by atoms with Gasteiger partial charge in [0.15, 0.2) is 0 Å². The molecule has 0 radical (unpaired) electrons. The molecule has 0 unspecified atom stereocenters. The van der Waals surface area contributed by atoms with E-state index in [1.807, 2.05) is 0 Å². The third kappa shape index (κ3) is 2.53. The fraction of sp³-hybridized carbons (Fsp3) is 0.0909. The van der Waals surface area contributed by atoms with Crippen molar-refractivity contribution >= 4 is 33.2 Å². The molecular formula is C11H7BrFNO2S. The van der Waals surface area contributed by atoms with Gasteiger partial charge in [-0.15, -0.1) is 11.3 Å². The Morgan fingerprint density at radius 2 is 2.29 bits per heavy atom. The summed E-state index contributed by atoms with van der Waals surface area (Å²) in [5, 5.41) is 0.566. The molecule has 1 aromatic heterocycles. The van der Waals surface area contributed by atoms with Crippen LogP contribution in [-0.4, -0.2) is 18.1 Å². The summed E-state index contributed by atoms with van der Waals surface area (Å²) < 4.78 is 18.4. The lowest BCUT2D eigenvalue weighted by atomic mass is 10.2. The minimum atomic E-state index is -0.443. The summed E-state index contributed by atoms with van der Waals surface area (Å²) in [6, 6.07) is 4.32. The second kappa shape index (κ2) is 4.93. The van der Waals surface area contributed by atoms with Gasteiger partial charge in [0, 0.05) is 10.0 Å². The number of methoxy groups -OCH3 is 1. The first-order valence-electron chi connectivity index (χ1n) is 4.61. The first-order chi connectivity index (χ1) is 8.11. The van der Waals surface area contributed by atoms with Crippen molar-refractivity contribution in [1.82, 2.24) is 4.98 Å². The zero-order chi connectivity index (χ0) is 12.4. The standard InChI is InChI=1S/C11H7BrFNO2S/c1-16-11(15)9-5-14-10(17-9)7-4-6(13)2-3-8(7)12/h2-5H,1H3. The maximum Gasteiger partial charge on any atom is 0.349 e. The highest BCUT2D eigenvalue weighted by Crippen LogP contribution is 2.32. The fourth-order valence-electron chi connectivity index (χ4n) is 1.25. The number of esters is 1. The van der Waals surface area contributed by atoms with E-state index in [1.165, 1.54) is 25.4 Å². The van der Waals surface area contributed by atoms with Crippen LogP contribution in [0, 0.1) is 5.82 Å². The molecule has 2 aromatic rings. The molecule has 0 saturated heterocycles. The Hall–Kier alpha value is -1.27. The van der Waals surface area contributed by atoms with Crippen LogP contribution in [0.5, 0.6) is 0 Å². The Morgan fingerprint density at radius 1 is 1.53 bits per heavy atom. The van der Waals surface area contributed by atoms with Crippen LogP contribution in [-0.2, 0) is 4.74 Å². The molecule has 0 bridgehead atoms. The van der Waals surface area contributed by atoms with Crippen LogP contribution in [0.25, 0.3) is 10.6 Å². The van der Waals surface area contributed by atoms with Gasteiger partial charge in [0.2, 0.25) is 0 Å². The molecule has 17 heavy (non-hydrogen) atoms. The summed E-state index contributed by atoms with van der Waals surface area (Å²) in [5.74, 6) is -0.792. The maximum absolute atomic E-state index is 13.1. The minimum absolute atomic E-state index is 0.349. The molecule has 88 valence electrons. The van der Waals surface area contributed by atoms with Crippen molar-refractivity contribution < 1.29 is 13.9 Å². The van der Waals surface area contributed by atoms with Gasteiger partial charge in [-0.2, -0.15) is 0 Å². The van der Waals surface area contributed by atoms with E-state index in [0.717, 1.165) is 15.8 Å². The third-order valence-corrected chi connectivity index (χ3v) is 3.75. The highest BCUT2D eigenvalue weighted by Gasteiger charge is 2.14. The summed E-state index contributed by atoms with van der Waals surface area (Å²) in [6.45, 7) is 0. The molecule has 0 fully saturated rings. The number of carbonyl (C=O) groups is 1. The van der Waals surface area contributed by atoms with E-state index in [-0.39, 0.29) is 5.82 Å². The molecule has 0 amide bonds. The zero-order valence-corrected chi connectivity index (χ0v) is 11.1. The topological polar surface area (TPSA) is 39.2 Å². The van der Waals surface area contributed by atoms with E-state index < -0.39 is 5.97 Å². The number of benzene rings is 1. The number of rotatable bonds is 2. The van der Waals surface area contributed by atoms with Crippen molar-refractivity contribution in [2.75, 3.05) is 7.11 Å². The van der Waals surface area contributed by atoms with Gasteiger partial charge < -0.3 is 4.74 Å². The zero-order valence-electron chi connectivity index (χ0n) is 8.74. The van der Waals surface area contributed by atoms with Crippen molar-refractivity contribution in [2.24, 2.45) is 0 Å². The molecule has 3 nitrogen and oxygen atoms in total. The highest BCUT2D eigenvalue weighted by molar-refractivity contribution is 9.10. The van der Waals surface area contributed by atoms with Crippen LogP contribution in [0.2, 0.25) is 0 Å². The molecule has 6 heteroatoms. The molecule has 0 saturated carbocycles. The van der Waals surface area contributed by atoms with Crippen molar-refractivity contribution in [1.29, 1.82) is 0 Å². The lowest BCUT2D eigenvalue weighted by molar-refractivity contribution is 0.0606. The second-order valence-corrected chi connectivity index (χ2v) is 5.03. The summed E-state index contributed by atoms with van der Waals surface area (Å²) in [6.07, 6.45) is 1.42. The van der Waals surface area contributed by atoms with Crippen molar-refractivity contribution in [3.8, 4) is 10.6 Å². The van der Waals surface area contributed by atoms with E-state index in [4.69, 9.17) is 0 Å². The van der Waals surface area contributed by atoms with E-state index in [0.29, 0.717) is 15.4 Å². The molecule has 1 heterocycles. The second-order valence-electron chi connectivity index (χ2n) is 3.15. The normalized spacial score (nSPS) is 10.3. The molecule has 2 rings (SSSR count). The SMILES string of the molecule is COC(=O)c1cnc(-c2cc(F)ccc2Br)s1. The van der Waals surface area contributed by atoms with Gasteiger partial charge in [0.25, 0.3) is 0 Å². The van der Waals surface area contributed by atoms with Crippen LogP contribution in [0.15, 0.2) is 28.9 Å². The summed E-state index contributed by atoms with van der Waals surface area (Å²) in [4.78, 5) is 15.7. The lowest BCUT2D eigenvalue weighted by Crippen LogP contribution is -1.96. The largest absolute Gasteiger partial charge is 0.465 e. The van der Waals surface area contributed by atoms with Crippen molar-refractivity contribution in [2.45, 2.75) is 0 Å². The molecule has 0 N–H and O–H groups in total. The van der Waals surface area contributed by atoms with Gasteiger partial charge in [-0.1, -0.05) is 15.9 Å². The Morgan fingerprint density at radius 3 is 3.00 bits per heavy atom. The molecule has 0 aliphatic carbocycles. The van der Waals surface area contributed by atoms with Crippen molar-refractivity contribution in [3.05, 3.63) is 39.6 Å². The first kappa shape index (κ1) is 12.2. The van der Waals surface area contributed by atoms with E-state index in [2.05, 4.69) is 25.7 Å². The summed E-state index contributed by atoms with van der Waals surface area (Å²) >= 11 is 4.47. The van der Waals surface area contributed by atoms with Crippen molar-refractivity contribution in [3.63, 3.8) is 0 Å². The quantitative estimate of drug-likeness (QED) is 0.796. The molecule has 0 spiro atoms. The van der Waals surface area contributed by atoms with Crippen LogP contribution in [0.4, 0.5) is 4.39 Å². The number of halogens is 2. The smallest absolute Gasteiger partial charge is 0.349 e. The van der Waals surface area contributed by atoms with Crippen LogP contribution < -0.4 is 0 Å². The number of ether oxygens (including phenoxy) is 1. The van der Waals surface area contributed by atoms with Gasteiger partial charge >= 0.3 is 5.97 Å². The number of hydrogen-bond acceptors (Lipinski definition) is 4.